The second-order valence-electron chi connectivity index (χ2n) is 9.69. The SMILES string of the molecule is O=C(NC1C2CC3CC(C2)CC1C3)C1CCN(c2nc3ccccc3o2)CC1. The van der Waals surface area contributed by atoms with Gasteiger partial charge in [-0.3, -0.25) is 4.79 Å². The van der Waals surface area contributed by atoms with Crippen LogP contribution in [0.1, 0.15) is 44.9 Å². The first-order valence-corrected chi connectivity index (χ1v) is 11.1. The Bertz CT molecular complexity index is 822. The molecule has 5 aliphatic rings. The number of hydrogen-bond donors (Lipinski definition) is 1. The number of amides is 1. The Hall–Kier alpha value is -2.04. The van der Waals surface area contributed by atoms with Crippen LogP contribution >= 0.6 is 0 Å². The van der Waals surface area contributed by atoms with Crippen LogP contribution in [0.25, 0.3) is 11.1 Å². The number of carbonyl (C=O) groups is 1. The third-order valence-electron chi connectivity index (χ3n) is 7.95. The van der Waals surface area contributed by atoms with Crippen molar-refractivity contribution in [3.63, 3.8) is 0 Å². The van der Waals surface area contributed by atoms with Gasteiger partial charge in [-0.25, -0.2) is 0 Å². The highest BCUT2D eigenvalue weighted by molar-refractivity contribution is 5.79. The van der Waals surface area contributed by atoms with Gasteiger partial charge in [-0.05, 0) is 80.8 Å². The number of fused-ring (bicyclic) bond motifs is 1. The molecule has 0 unspecified atom stereocenters. The lowest BCUT2D eigenvalue weighted by Crippen LogP contribution is -2.57. The summed E-state index contributed by atoms with van der Waals surface area (Å²) in [5.74, 6) is 3.85. The van der Waals surface area contributed by atoms with Crippen molar-refractivity contribution < 1.29 is 9.21 Å². The average molecular weight is 380 g/mol. The van der Waals surface area contributed by atoms with E-state index in [-0.39, 0.29) is 5.92 Å². The summed E-state index contributed by atoms with van der Waals surface area (Å²) in [7, 11) is 0. The molecular weight excluding hydrogens is 350 g/mol. The lowest BCUT2D eigenvalue weighted by atomic mass is 9.54. The molecule has 1 aromatic heterocycles. The minimum Gasteiger partial charge on any atom is -0.423 e. The van der Waals surface area contributed by atoms with Crippen LogP contribution < -0.4 is 10.2 Å². The fourth-order valence-corrected chi connectivity index (χ4v) is 6.77. The molecule has 7 rings (SSSR count). The van der Waals surface area contributed by atoms with Crippen molar-refractivity contribution in [2.24, 2.45) is 29.6 Å². The first-order valence-electron chi connectivity index (χ1n) is 11.1. The summed E-state index contributed by atoms with van der Waals surface area (Å²) in [6.45, 7) is 1.68. The number of hydrogen-bond acceptors (Lipinski definition) is 4. The van der Waals surface area contributed by atoms with Gasteiger partial charge in [-0.2, -0.15) is 4.98 Å². The molecule has 148 valence electrons. The first kappa shape index (κ1) is 16.9. The molecule has 5 heteroatoms. The molecule has 0 spiro atoms. The predicted molar refractivity (Wildman–Crippen MR) is 108 cm³/mol. The highest BCUT2D eigenvalue weighted by atomic mass is 16.4. The number of rotatable bonds is 3. The van der Waals surface area contributed by atoms with Gasteiger partial charge in [0.25, 0.3) is 6.01 Å². The summed E-state index contributed by atoms with van der Waals surface area (Å²) in [6.07, 6.45) is 8.65. The summed E-state index contributed by atoms with van der Waals surface area (Å²) in [5, 5.41) is 3.51. The van der Waals surface area contributed by atoms with Crippen molar-refractivity contribution in [2.75, 3.05) is 18.0 Å². The Kier molecular flexibility index (Phi) is 3.92. The zero-order valence-corrected chi connectivity index (χ0v) is 16.3. The van der Waals surface area contributed by atoms with Crippen molar-refractivity contribution >= 4 is 23.0 Å². The van der Waals surface area contributed by atoms with Crippen molar-refractivity contribution in [3.8, 4) is 0 Å². The summed E-state index contributed by atoms with van der Waals surface area (Å²) in [6, 6.07) is 9.04. The normalized spacial score (nSPS) is 34.9. The van der Waals surface area contributed by atoms with E-state index in [1.165, 1.54) is 32.1 Å². The van der Waals surface area contributed by atoms with Gasteiger partial charge in [-0.1, -0.05) is 12.1 Å². The van der Waals surface area contributed by atoms with Gasteiger partial charge in [0.1, 0.15) is 5.52 Å². The summed E-state index contributed by atoms with van der Waals surface area (Å²) in [4.78, 5) is 19.8. The number of oxazole rings is 1. The quantitative estimate of drug-likeness (QED) is 0.876. The molecule has 4 aliphatic carbocycles. The largest absolute Gasteiger partial charge is 0.423 e. The molecule has 1 amide bonds. The minimum absolute atomic E-state index is 0.137. The third-order valence-corrected chi connectivity index (χ3v) is 7.95. The number of benzene rings is 1. The summed E-state index contributed by atoms with van der Waals surface area (Å²) in [5.41, 5.74) is 1.73. The summed E-state index contributed by atoms with van der Waals surface area (Å²) < 4.78 is 5.90. The Morgan fingerprint density at radius 1 is 1.00 bits per heavy atom. The number of nitrogens with one attached hydrogen (secondary N) is 1. The van der Waals surface area contributed by atoms with Crippen molar-refractivity contribution in [1.29, 1.82) is 0 Å². The van der Waals surface area contributed by atoms with Crippen LogP contribution in [0.15, 0.2) is 28.7 Å². The van der Waals surface area contributed by atoms with E-state index in [1.807, 2.05) is 24.3 Å². The zero-order chi connectivity index (χ0) is 18.7. The maximum absolute atomic E-state index is 13.0. The van der Waals surface area contributed by atoms with Gasteiger partial charge < -0.3 is 14.6 Å². The maximum Gasteiger partial charge on any atom is 0.298 e. The molecule has 4 saturated carbocycles. The third kappa shape index (κ3) is 2.82. The average Bonchev–Trinajstić information content (AvgIpc) is 3.14. The zero-order valence-electron chi connectivity index (χ0n) is 16.3. The van der Waals surface area contributed by atoms with E-state index >= 15 is 0 Å². The second kappa shape index (κ2) is 6.50. The van der Waals surface area contributed by atoms with E-state index in [0.717, 1.165) is 60.7 Å². The second-order valence-corrected chi connectivity index (χ2v) is 9.69. The lowest BCUT2D eigenvalue weighted by Gasteiger charge is -2.54. The van der Waals surface area contributed by atoms with Crippen LogP contribution in [0.2, 0.25) is 0 Å². The van der Waals surface area contributed by atoms with Crippen LogP contribution in [-0.4, -0.2) is 30.0 Å². The molecule has 2 aromatic rings. The monoisotopic (exact) mass is 379 g/mol. The van der Waals surface area contributed by atoms with Gasteiger partial charge in [0.05, 0.1) is 0 Å². The van der Waals surface area contributed by atoms with Crippen molar-refractivity contribution in [2.45, 2.75) is 51.0 Å². The van der Waals surface area contributed by atoms with Crippen molar-refractivity contribution in [3.05, 3.63) is 24.3 Å². The highest BCUT2D eigenvalue weighted by Gasteiger charge is 2.49. The number of para-hydroxylation sites is 2. The summed E-state index contributed by atoms with van der Waals surface area (Å²) >= 11 is 0. The number of carbonyl (C=O) groups excluding carboxylic acids is 1. The molecule has 4 bridgehead atoms. The fourth-order valence-electron chi connectivity index (χ4n) is 6.77. The molecule has 5 fully saturated rings. The van der Waals surface area contributed by atoms with Crippen LogP contribution in [0.5, 0.6) is 0 Å². The molecule has 0 atom stereocenters. The van der Waals surface area contributed by atoms with Gasteiger partial charge >= 0.3 is 0 Å². The lowest BCUT2D eigenvalue weighted by molar-refractivity contribution is -0.129. The number of aromatic nitrogens is 1. The van der Waals surface area contributed by atoms with E-state index in [0.29, 0.717) is 18.0 Å². The first-order chi connectivity index (χ1) is 13.7. The van der Waals surface area contributed by atoms with Gasteiger partial charge in [0.15, 0.2) is 5.58 Å². The standard InChI is InChI=1S/C23H29N3O2/c27-22(25-21-17-10-14-9-15(12-17)13-18(21)11-14)16-5-7-26(8-6-16)23-24-19-3-1-2-4-20(19)28-23/h1-4,14-18,21H,5-13H2,(H,25,27). The molecule has 1 aromatic carbocycles. The Morgan fingerprint density at radius 3 is 2.36 bits per heavy atom. The van der Waals surface area contributed by atoms with E-state index in [4.69, 9.17) is 4.42 Å². The van der Waals surface area contributed by atoms with E-state index in [9.17, 15) is 4.79 Å². The molecule has 1 aliphatic heterocycles. The molecule has 0 radical (unpaired) electrons. The van der Waals surface area contributed by atoms with Gasteiger partial charge in [-0.15, -0.1) is 0 Å². The Labute approximate surface area is 165 Å². The van der Waals surface area contributed by atoms with Crippen LogP contribution in [-0.2, 0) is 4.79 Å². The molecular formula is C23H29N3O2. The van der Waals surface area contributed by atoms with Crippen LogP contribution in [0, 0.1) is 29.6 Å². The van der Waals surface area contributed by atoms with Gasteiger partial charge in [0, 0.05) is 25.0 Å². The fraction of sp³-hybridized carbons (Fsp3) is 0.652. The Morgan fingerprint density at radius 2 is 1.68 bits per heavy atom. The van der Waals surface area contributed by atoms with E-state index in [1.54, 1.807) is 0 Å². The molecule has 1 N–H and O–H groups in total. The predicted octanol–water partition coefficient (Wildman–Crippen LogP) is 3.99. The minimum atomic E-state index is 0.137. The van der Waals surface area contributed by atoms with E-state index in [2.05, 4.69) is 15.2 Å². The molecule has 2 heterocycles. The van der Waals surface area contributed by atoms with Crippen LogP contribution in [0.3, 0.4) is 0 Å². The van der Waals surface area contributed by atoms with E-state index < -0.39 is 0 Å². The highest BCUT2D eigenvalue weighted by Crippen LogP contribution is 2.53. The van der Waals surface area contributed by atoms with Crippen molar-refractivity contribution in [1.82, 2.24) is 10.3 Å². The number of piperidine rings is 1. The molecule has 5 nitrogen and oxygen atoms in total. The number of nitrogens with zero attached hydrogens (tertiary/aromatic N) is 2. The van der Waals surface area contributed by atoms with Crippen LogP contribution in [0.4, 0.5) is 6.01 Å². The Balaban J connectivity index is 1.08. The molecule has 28 heavy (non-hydrogen) atoms. The topological polar surface area (TPSA) is 58.4 Å². The molecule has 1 saturated heterocycles. The smallest absolute Gasteiger partial charge is 0.298 e. The number of anilines is 1. The van der Waals surface area contributed by atoms with Gasteiger partial charge in [0.2, 0.25) is 5.91 Å². The maximum atomic E-state index is 13.0.